The monoisotopic (exact) mass is 342 g/mol. The highest BCUT2D eigenvalue weighted by Crippen LogP contribution is 2.16. The topological polar surface area (TPSA) is 41.1 Å². The van der Waals surface area contributed by atoms with Crippen molar-refractivity contribution in [2.24, 2.45) is 5.92 Å². The van der Waals surface area contributed by atoms with Crippen molar-refractivity contribution in [1.82, 2.24) is 10.6 Å². The van der Waals surface area contributed by atoms with Gasteiger partial charge in [-0.1, -0.05) is 22.0 Å². The zero-order valence-electron chi connectivity index (χ0n) is 11.4. The van der Waals surface area contributed by atoms with E-state index < -0.39 is 0 Å². The van der Waals surface area contributed by atoms with Gasteiger partial charge in [-0.05, 0) is 56.5 Å². The maximum atomic E-state index is 13.6. The second kappa shape index (κ2) is 7.74. The van der Waals surface area contributed by atoms with Crippen molar-refractivity contribution in [3.63, 3.8) is 0 Å². The molecule has 110 valence electrons. The molecule has 20 heavy (non-hydrogen) atoms. The van der Waals surface area contributed by atoms with Crippen LogP contribution in [0.25, 0.3) is 0 Å². The van der Waals surface area contributed by atoms with Gasteiger partial charge >= 0.3 is 0 Å². The first-order chi connectivity index (χ1) is 9.66. The number of rotatable bonds is 5. The Morgan fingerprint density at radius 2 is 2.15 bits per heavy atom. The van der Waals surface area contributed by atoms with Crippen LogP contribution in [0.5, 0.6) is 0 Å². The van der Waals surface area contributed by atoms with Gasteiger partial charge < -0.3 is 10.6 Å². The van der Waals surface area contributed by atoms with Crippen molar-refractivity contribution in [1.29, 1.82) is 0 Å². The first-order valence-corrected chi connectivity index (χ1v) is 7.88. The molecule has 0 saturated carbocycles. The van der Waals surface area contributed by atoms with Crippen LogP contribution in [0.3, 0.4) is 0 Å². The lowest BCUT2D eigenvalue weighted by Crippen LogP contribution is -2.38. The third-order valence-corrected chi connectivity index (χ3v) is 4.14. The van der Waals surface area contributed by atoms with Crippen LogP contribution >= 0.6 is 15.9 Å². The highest BCUT2D eigenvalue weighted by atomic mass is 79.9. The number of carbonyl (C=O) groups excluding carboxylic acids is 1. The Bertz CT molecular complexity index is 461. The fourth-order valence-corrected chi connectivity index (χ4v) is 2.78. The van der Waals surface area contributed by atoms with Crippen LogP contribution in [-0.2, 0) is 11.2 Å². The third-order valence-electron chi connectivity index (χ3n) is 3.65. The van der Waals surface area contributed by atoms with Crippen molar-refractivity contribution in [2.45, 2.75) is 25.7 Å². The zero-order chi connectivity index (χ0) is 14.4. The second-order valence-electron chi connectivity index (χ2n) is 5.15. The van der Waals surface area contributed by atoms with E-state index in [1.165, 1.54) is 6.07 Å². The zero-order valence-corrected chi connectivity index (χ0v) is 13.0. The number of hydrogen-bond acceptors (Lipinski definition) is 2. The summed E-state index contributed by atoms with van der Waals surface area (Å²) in [6.07, 6.45) is 3.22. The van der Waals surface area contributed by atoms with Gasteiger partial charge in [0.05, 0.1) is 0 Å². The van der Waals surface area contributed by atoms with E-state index in [0.29, 0.717) is 18.5 Å². The summed E-state index contributed by atoms with van der Waals surface area (Å²) in [7, 11) is 0. The Hall–Kier alpha value is -0.940. The molecule has 1 aromatic rings. The molecule has 0 radical (unpaired) electrons. The molecule has 1 heterocycles. The van der Waals surface area contributed by atoms with E-state index in [2.05, 4.69) is 26.6 Å². The summed E-state index contributed by atoms with van der Waals surface area (Å²) in [5.74, 6) is 0.0903. The summed E-state index contributed by atoms with van der Waals surface area (Å²) < 4.78 is 14.4. The number of piperidine rings is 1. The van der Waals surface area contributed by atoms with Crippen LogP contribution in [0.4, 0.5) is 4.39 Å². The Kier molecular flexibility index (Phi) is 5.98. The predicted octanol–water partition coefficient (Wildman–Crippen LogP) is 2.64. The minimum atomic E-state index is -0.191. The van der Waals surface area contributed by atoms with Gasteiger partial charge in [-0.3, -0.25) is 4.79 Å². The maximum absolute atomic E-state index is 13.6. The smallest absolute Gasteiger partial charge is 0.223 e. The van der Waals surface area contributed by atoms with Gasteiger partial charge in [0.25, 0.3) is 0 Å². The molecule has 0 aliphatic carbocycles. The van der Waals surface area contributed by atoms with Crippen LogP contribution in [0, 0.1) is 11.7 Å². The van der Waals surface area contributed by atoms with Gasteiger partial charge in [-0.2, -0.15) is 0 Å². The van der Waals surface area contributed by atoms with E-state index in [1.54, 1.807) is 6.07 Å². The van der Waals surface area contributed by atoms with Crippen molar-refractivity contribution in [3.8, 4) is 0 Å². The number of aryl methyl sites for hydroxylation is 1. The molecule has 2 N–H and O–H groups in total. The van der Waals surface area contributed by atoms with E-state index in [0.717, 1.165) is 36.8 Å². The van der Waals surface area contributed by atoms with Crippen LogP contribution in [-0.4, -0.2) is 25.5 Å². The molecule has 5 heteroatoms. The minimum Gasteiger partial charge on any atom is -0.356 e. The lowest BCUT2D eigenvalue weighted by atomic mass is 9.97. The lowest BCUT2D eigenvalue weighted by molar-refractivity contribution is -0.125. The van der Waals surface area contributed by atoms with Gasteiger partial charge in [-0.25, -0.2) is 4.39 Å². The summed E-state index contributed by atoms with van der Waals surface area (Å²) in [5.41, 5.74) is 0.698. The summed E-state index contributed by atoms with van der Waals surface area (Å²) >= 11 is 3.24. The van der Waals surface area contributed by atoms with Crippen molar-refractivity contribution in [3.05, 3.63) is 34.1 Å². The van der Waals surface area contributed by atoms with E-state index in [4.69, 9.17) is 0 Å². The van der Waals surface area contributed by atoms with Gasteiger partial charge in [0.2, 0.25) is 5.91 Å². The molecular formula is C15H20BrFN2O. The minimum absolute atomic E-state index is 0.140. The van der Waals surface area contributed by atoms with Crippen molar-refractivity contribution < 1.29 is 9.18 Å². The molecule has 0 bridgehead atoms. The van der Waals surface area contributed by atoms with Gasteiger partial charge in [0.15, 0.2) is 0 Å². The summed E-state index contributed by atoms with van der Waals surface area (Å²) in [5, 5.41) is 6.20. The highest BCUT2D eigenvalue weighted by molar-refractivity contribution is 9.10. The molecule has 1 saturated heterocycles. The number of hydrogen-bond donors (Lipinski definition) is 2. The number of nitrogens with one attached hydrogen (secondary N) is 2. The van der Waals surface area contributed by atoms with Gasteiger partial charge in [-0.15, -0.1) is 0 Å². The molecule has 0 spiro atoms. The summed E-state index contributed by atoms with van der Waals surface area (Å²) in [4.78, 5) is 11.9. The molecule has 1 aliphatic heterocycles. The van der Waals surface area contributed by atoms with Crippen LogP contribution in [0.15, 0.2) is 22.7 Å². The molecule has 1 amide bonds. The van der Waals surface area contributed by atoms with E-state index in [-0.39, 0.29) is 17.6 Å². The van der Waals surface area contributed by atoms with E-state index >= 15 is 0 Å². The Morgan fingerprint density at radius 1 is 1.40 bits per heavy atom. The first kappa shape index (κ1) is 15.4. The third kappa shape index (κ3) is 4.56. The van der Waals surface area contributed by atoms with Crippen LogP contribution in [0.2, 0.25) is 0 Å². The number of halogens is 2. The second-order valence-corrected chi connectivity index (χ2v) is 6.07. The molecule has 0 atom stereocenters. The molecule has 2 rings (SSSR count). The molecule has 3 nitrogen and oxygen atoms in total. The molecule has 0 unspecified atom stereocenters. The fraction of sp³-hybridized carbons (Fsp3) is 0.533. The fourth-order valence-electron chi connectivity index (χ4n) is 2.44. The van der Waals surface area contributed by atoms with Crippen LogP contribution < -0.4 is 10.6 Å². The Morgan fingerprint density at radius 3 is 2.85 bits per heavy atom. The predicted molar refractivity (Wildman–Crippen MR) is 81.0 cm³/mol. The SMILES string of the molecule is O=C(NCCCc1ccc(Br)cc1F)C1CCNCC1. The van der Waals surface area contributed by atoms with Crippen molar-refractivity contribution in [2.75, 3.05) is 19.6 Å². The van der Waals surface area contributed by atoms with E-state index in [1.807, 2.05) is 6.07 Å². The largest absolute Gasteiger partial charge is 0.356 e. The van der Waals surface area contributed by atoms with Crippen molar-refractivity contribution >= 4 is 21.8 Å². The number of carbonyl (C=O) groups is 1. The number of amides is 1. The first-order valence-electron chi connectivity index (χ1n) is 7.09. The summed E-state index contributed by atoms with van der Waals surface area (Å²) in [6.45, 7) is 2.45. The molecule has 1 aliphatic rings. The van der Waals surface area contributed by atoms with Gasteiger partial charge in [0, 0.05) is 16.9 Å². The normalized spacial score (nSPS) is 16.1. The average molecular weight is 343 g/mol. The maximum Gasteiger partial charge on any atom is 0.223 e. The molecule has 1 fully saturated rings. The quantitative estimate of drug-likeness (QED) is 0.807. The van der Waals surface area contributed by atoms with Crippen LogP contribution in [0.1, 0.15) is 24.8 Å². The molecule has 0 aromatic heterocycles. The molecule has 1 aromatic carbocycles. The summed E-state index contributed by atoms with van der Waals surface area (Å²) in [6, 6.07) is 5.10. The molecular weight excluding hydrogens is 323 g/mol. The Balaban J connectivity index is 1.69. The highest BCUT2D eigenvalue weighted by Gasteiger charge is 2.20. The van der Waals surface area contributed by atoms with E-state index in [9.17, 15) is 9.18 Å². The average Bonchev–Trinajstić information content (AvgIpc) is 2.46. The lowest BCUT2D eigenvalue weighted by Gasteiger charge is -2.21. The Labute approximate surface area is 127 Å². The number of benzene rings is 1. The van der Waals surface area contributed by atoms with Gasteiger partial charge in [0.1, 0.15) is 5.82 Å². The standard InChI is InChI=1S/C15H20BrFN2O/c16-13-4-3-11(14(17)10-13)2-1-7-19-15(20)12-5-8-18-9-6-12/h3-4,10,12,18H,1-2,5-9H2,(H,19,20).